The maximum absolute atomic E-state index is 12.8. The second kappa shape index (κ2) is 7.42. The van der Waals surface area contributed by atoms with Crippen LogP contribution in [0.3, 0.4) is 0 Å². The van der Waals surface area contributed by atoms with Gasteiger partial charge in [0.2, 0.25) is 0 Å². The third-order valence-corrected chi connectivity index (χ3v) is 4.55. The fourth-order valence-corrected chi connectivity index (χ4v) is 3.31. The van der Waals surface area contributed by atoms with Gasteiger partial charge in [0, 0.05) is 11.3 Å². The third-order valence-electron chi connectivity index (χ3n) is 4.55. The van der Waals surface area contributed by atoms with Crippen molar-refractivity contribution in [3.8, 4) is 0 Å². The topological polar surface area (TPSA) is 41.1 Å². The zero-order valence-electron chi connectivity index (χ0n) is 13.7. The summed E-state index contributed by atoms with van der Waals surface area (Å²) in [5.41, 5.74) is 5.55. The van der Waals surface area contributed by atoms with Gasteiger partial charge in [0.15, 0.2) is 0 Å². The van der Waals surface area contributed by atoms with Crippen LogP contribution in [0, 0.1) is 0 Å². The minimum absolute atomic E-state index is 0.00400. The van der Waals surface area contributed by atoms with E-state index in [0.717, 1.165) is 42.6 Å². The normalized spacial score (nSPS) is 13.4. The smallest absolute Gasteiger partial charge is 0.255 e. The predicted octanol–water partition coefficient (Wildman–Crippen LogP) is 3.58. The molecule has 0 fully saturated rings. The van der Waals surface area contributed by atoms with Crippen LogP contribution in [-0.2, 0) is 19.3 Å². The second-order valence-electron chi connectivity index (χ2n) is 6.12. The summed E-state index contributed by atoms with van der Waals surface area (Å²) < 4.78 is 0. The Balaban J connectivity index is 1.83. The molecule has 2 aromatic carbocycles. The van der Waals surface area contributed by atoms with Gasteiger partial charge >= 0.3 is 0 Å². The summed E-state index contributed by atoms with van der Waals surface area (Å²) in [7, 11) is 1.93. The van der Waals surface area contributed by atoms with E-state index in [4.69, 9.17) is 0 Å². The second-order valence-corrected chi connectivity index (χ2v) is 6.12. The van der Waals surface area contributed by atoms with Gasteiger partial charge in [-0.05, 0) is 74.5 Å². The fraction of sp³-hybridized carbons (Fsp3) is 0.350. The van der Waals surface area contributed by atoms with Crippen LogP contribution in [0.25, 0.3) is 0 Å². The third kappa shape index (κ3) is 3.62. The molecular weight excluding hydrogens is 284 g/mol. The average Bonchev–Trinajstić information content (AvgIpc) is 2.60. The lowest BCUT2D eigenvalue weighted by molar-refractivity contribution is 0.102. The minimum atomic E-state index is -0.00400. The fourth-order valence-electron chi connectivity index (χ4n) is 3.31. The lowest BCUT2D eigenvalue weighted by Crippen LogP contribution is -2.18. The predicted molar refractivity (Wildman–Crippen MR) is 95.1 cm³/mol. The van der Waals surface area contributed by atoms with E-state index in [1.807, 2.05) is 43.4 Å². The number of hydrogen-bond donors (Lipinski definition) is 2. The van der Waals surface area contributed by atoms with Crippen molar-refractivity contribution in [2.45, 2.75) is 32.1 Å². The van der Waals surface area contributed by atoms with E-state index < -0.39 is 0 Å². The summed E-state index contributed by atoms with van der Waals surface area (Å²) in [6.45, 7) is 0.866. The highest BCUT2D eigenvalue weighted by Gasteiger charge is 2.16. The quantitative estimate of drug-likeness (QED) is 0.886. The number of aryl methyl sites for hydroxylation is 1. The molecule has 0 radical (unpaired) electrons. The summed E-state index contributed by atoms with van der Waals surface area (Å²) >= 11 is 0. The number of likely N-dealkylation sites (N-methyl/N-ethyl adjacent to an activating group) is 1. The van der Waals surface area contributed by atoms with E-state index in [-0.39, 0.29) is 5.91 Å². The van der Waals surface area contributed by atoms with Crippen LogP contribution in [0.2, 0.25) is 0 Å². The van der Waals surface area contributed by atoms with E-state index in [0.29, 0.717) is 0 Å². The molecule has 0 saturated heterocycles. The maximum atomic E-state index is 12.8. The number of benzene rings is 2. The van der Waals surface area contributed by atoms with E-state index in [1.165, 1.54) is 24.0 Å². The Hall–Kier alpha value is -2.13. The van der Waals surface area contributed by atoms with Crippen molar-refractivity contribution in [2.75, 3.05) is 18.9 Å². The first-order valence-corrected chi connectivity index (χ1v) is 8.44. The number of rotatable bonds is 5. The van der Waals surface area contributed by atoms with Gasteiger partial charge in [0.25, 0.3) is 5.91 Å². The summed E-state index contributed by atoms with van der Waals surface area (Å²) in [6, 6.07) is 14.1. The molecular formula is C20H24N2O. The van der Waals surface area contributed by atoms with Crippen molar-refractivity contribution in [2.24, 2.45) is 0 Å². The average molecular weight is 308 g/mol. The number of amides is 1. The summed E-state index contributed by atoms with van der Waals surface area (Å²) in [5.74, 6) is -0.00400. The van der Waals surface area contributed by atoms with Crippen LogP contribution < -0.4 is 10.6 Å². The molecule has 0 atom stereocenters. The molecule has 1 aliphatic rings. The monoisotopic (exact) mass is 308 g/mol. The molecule has 3 rings (SSSR count). The van der Waals surface area contributed by atoms with Gasteiger partial charge in [0.05, 0.1) is 0 Å². The molecule has 0 spiro atoms. The van der Waals surface area contributed by atoms with Crippen molar-refractivity contribution in [3.63, 3.8) is 0 Å². The van der Waals surface area contributed by atoms with Crippen molar-refractivity contribution in [3.05, 3.63) is 64.7 Å². The Morgan fingerprint density at radius 3 is 2.74 bits per heavy atom. The van der Waals surface area contributed by atoms with Crippen LogP contribution >= 0.6 is 0 Å². The van der Waals surface area contributed by atoms with Gasteiger partial charge in [-0.2, -0.15) is 0 Å². The molecule has 0 unspecified atom stereocenters. The molecule has 0 saturated carbocycles. The highest BCUT2D eigenvalue weighted by molar-refractivity contribution is 6.05. The zero-order chi connectivity index (χ0) is 16.1. The van der Waals surface area contributed by atoms with Crippen LogP contribution in [0.4, 0.5) is 5.69 Å². The van der Waals surface area contributed by atoms with Crippen molar-refractivity contribution >= 4 is 11.6 Å². The SMILES string of the molecule is CNCCc1ccccc1C(=O)Nc1cccc2c1CCCC2. The molecule has 0 aliphatic heterocycles. The van der Waals surface area contributed by atoms with E-state index in [9.17, 15) is 4.79 Å². The maximum Gasteiger partial charge on any atom is 0.255 e. The van der Waals surface area contributed by atoms with Crippen LogP contribution in [0.1, 0.15) is 39.9 Å². The first kappa shape index (κ1) is 15.8. The Bertz CT molecular complexity index is 694. The molecule has 120 valence electrons. The summed E-state index contributed by atoms with van der Waals surface area (Å²) in [4.78, 5) is 12.8. The van der Waals surface area contributed by atoms with E-state index >= 15 is 0 Å². The molecule has 3 heteroatoms. The zero-order valence-corrected chi connectivity index (χ0v) is 13.7. The molecule has 0 bridgehead atoms. The molecule has 0 heterocycles. The first-order chi connectivity index (χ1) is 11.3. The van der Waals surface area contributed by atoms with Crippen molar-refractivity contribution in [1.82, 2.24) is 5.32 Å². The van der Waals surface area contributed by atoms with Crippen LogP contribution in [-0.4, -0.2) is 19.5 Å². The molecule has 2 N–H and O–H groups in total. The van der Waals surface area contributed by atoms with Crippen LogP contribution in [0.5, 0.6) is 0 Å². The number of hydrogen-bond acceptors (Lipinski definition) is 2. The molecule has 0 aromatic heterocycles. The summed E-state index contributed by atoms with van der Waals surface area (Å²) in [5, 5.41) is 6.29. The lowest BCUT2D eigenvalue weighted by Gasteiger charge is -2.20. The molecule has 1 aliphatic carbocycles. The van der Waals surface area contributed by atoms with Gasteiger partial charge in [-0.15, -0.1) is 0 Å². The van der Waals surface area contributed by atoms with Gasteiger partial charge < -0.3 is 10.6 Å². The summed E-state index contributed by atoms with van der Waals surface area (Å²) in [6.07, 6.45) is 5.49. The number of carbonyl (C=O) groups is 1. The highest BCUT2D eigenvalue weighted by atomic mass is 16.1. The minimum Gasteiger partial charge on any atom is -0.322 e. The largest absolute Gasteiger partial charge is 0.322 e. The van der Waals surface area contributed by atoms with Gasteiger partial charge in [-0.25, -0.2) is 0 Å². The molecule has 3 nitrogen and oxygen atoms in total. The standard InChI is InChI=1S/C20H24N2O/c1-21-14-13-16-8-3-5-11-18(16)20(23)22-19-12-6-9-15-7-2-4-10-17(15)19/h3,5-6,8-9,11-12,21H,2,4,7,10,13-14H2,1H3,(H,22,23). The van der Waals surface area contributed by atoms with Gasteiger partial charge in [0.1, 0.15) is 0 Å². The molecule has 2 aromatic rings. The Morgan fingerprint density at radius 2 is 1.87 bits per heavy atom. The Kier molecular flexibility index (Phi) is 5.09. The Labute approximate surface area is 138 Å². The van der Waals surface area contributed by atoms with Gasteiger partial charge in [-0.3, -0.25) is 4.79 Å². The van der Waals surface area contributed by atoms with Crippen LogP contribution in [0.15, 0.2) is 42.5 Å². The highest BCUT2D eigenvalue weighted by Crippen LogP contribution is 2.28. The molecule has 23 heavy (non-hydrogen) atoms. The van der Waals surface area contributed by atoms with Crippen molar-refractivity contribution in [1.29, 1.82) is 0 Å². The Morgan fingerprint density at radius 1 is 1.04 bits per heavy atom. The number of anilines is 1. The van der Waals surface area contributed by atoms with Crippen molar-refractivity contribution < 1.29 is 4.79 Å². The van der Waals surface area contributed by atoms with Gasteiger partial charge in [-0.1, -0.05) is 30.3 Å². The molecule has 1 amide bonds. The lowest BCUT2D eigenvalue weighted by atomic mass is 9.90. The van der Waals surface area contributed by atoms with E-state index in [2.05, 4.69) is 16.7 Å². The van der Waals surface area contributed by atoms with E-state index in [1.54, 1.807) is 0 Å². The number of carbonyl (C=O) groups excluding carboxylic acids is 1. The first-order valence-electron chi connectivity index (χ1n) is 8.44. The number of nitrogens with one attached hydrogen (secondary N) is 2. The number of fused-ring (bicyclic) bond motifs is 1.